The fourth-order valence-corrected chi connectivity index (χ4v) is 4.78. The molecule has 0 aliphatic rings. The van der Waals surface area contributed by atoms with Crippen molar-refractivity contribution in [1.82, 2.24) is 5.32 Å². The smallest absolute Gasteiger partial charge is 0.264 e. The summed E-state index contributed by atoms with van der Waals surface area (Å²) in [7, 11) is -3.91. The SMILES string of the molecule is CCc1ccc(N(CC(=O)NCCOc2cc(C)ccc2C)S(=O)(=O)c2ccccc2)cc1. The number of rotatable bonds is 10. The normalized spacial score (nSPS) is 11.1. The summed E-state index contributed by atoms with van der Waals surface area (Å²) in [6.07, 6.45) is 0.840. The van der Waals surface area contributed by atoms with Gasteiger partial charge in [-0.1, -0.05) is 49.4 Å². The molecule has 0 aromatic heterocycles. The molecule has 0 fully saturated rings. The lowest BCUT2D eigenvalue weighted by atomic mass is 10.1. The van der Waals surface area contributed by atoms with E-state index in [0.29, 0.717) is 5.69 Å². The van der Waals surface area contributed by atoms with Crippen LogP contribution in [-0.4, -0.2) is 34.0 Å². The van der Waals surface area contributed by atoms with Gasteiger partial charge in [-0.2, -0.15) is 0 Å². The van der Waals surface area contributed by atoms with E-state index >= 15 is 0 Å². The number of benzene rings is 3. The standard InChI is InChI=1S/C26H30N2O4S/c1-4-22-12-14-23(15-13-22)28(33(30,31)24-8-6-5-7-9-24)19-26(29)27-16-17-32-25-18-20(2)10-11-21(25)3/h5-15,18H,4,16-17,19H2,1-3H3,(H,27,29). The Kier molecular flexibility index (Phi) is 8.11. The Labute approximate surface area is 196 Å². The van der Waals surface area contributed by atoms with Gasteiger partial charge in [0.15, 0.2) is 0 Å². The zero-order valence-electron chi connectivity index (χ0n) is 19.2. The molecule has 174 valence electrons. The van der Waals surface area contributed by atoms with Crippen LogP contribution in [0, 0.1) is 13.8 Å². The number of carbonyl (C=O) groups is 1. The minimum atomic E-state index is -3.91. The van der Waals surface area contributed by atoms with Crippen molar-refractivity contribution in [2.75, 3.05) is 24.0 Å². The van der Waals surface area contributed by atoms with Crippen molar-refractivity contribution in [2.45, 2.75) is 32.1 Å². The van der Waals surface area contributed by atoms with Crippen molar-refractivity contribution in [1.29, 1.82) is 0 Å². The Morgan fingerprint density at radius 1 is 0.970 bits per heavy atom. The molecule has 0 spiro atoms. The third-order valence-electron chi connectivity index (χ3n) is 5.28. The first kappa shape index (κ1) is 24.3. The van der Waals surface area contributed by atoms with Gasteiger partial charge in [-0.05, 0) is 67.3 Å². The molecule has 0 radical (unpaired) electrons. The molecular formula is C26H30N2O4S. The van der Waals surface area contributed by atoms with Gasteiger partial charge in [-0.15, -0.1) is 0 Å². The molecule has 33 heavy (non-hydrogen) atoms. The first-order valence-electron chi connectivity index (χ1n) is 10.9. The molecule has 0 atom stereocenters. The summed E-state index contributed by atoms with van der Waals surface area (Å²) in [6.45, 7) is 6.20. The van der Waals surface area contributed by atoms with E-state index in [4.69, 9.17) is 4.74 Å². The van der Waals surface area contributed by atoms with Crippen molar-refractivity contribution < 1.29 is 17.9 Å². The largest absolute Gasteiger partial charge is 0.491 e. The Bertz CT molecular complexity index is 1180. The van der Waals surface area contributed by atoms with Gasteiger partial charge in [0.25, 0.3) is 10.0 Å². The highest BCUT2D eigenvalue weighted by Crippen LogP contribution is 2.24. The minimum absolute atomic E-state index is 0.135. The average molecular weight is 467 g/mol. The molecule has 3 aromatic rings. The average Bonchev–Trinajstić information content (AvgIpc) is 2.83. The van der Waals surface area contributed by atoms with Crippen LogP contribution in [-0.2, 0) is 21.2 Å². The molecule has 0 saturated carbocycles. The number of ether oxygens (including phenoxy) is 1. The van der Waals surface area contributed by atoms with Gasteiger partial charge in [0.05, 0.1) is 17.1 Å². The van der Waals surface area contributed by atoms with Gasteiger partial charge >= 0.3 is 0 Å². The Morgan fingerprint density at radius 2 is 1.67 bits per heavy atom. The minimum Gasteiger partial charge on any atom is -0.491 e. The summed E-state index contributed by atoms with van der Waals surface area (Å²) < 4.78 is 33.6. The quantitative estimate of drug-likeness (QED) is 0.453. The van der Waals surface area contributed by atoms with Gasteiger partial charge in [0.1, 0.15) is 18.9 Å². The third-order valence-corrected chi connectivity index (χ3v) is 7.06. The molecule has 1 N–H and O–H groups in total. The number of anilines is 1. The number of nitrogens with zero attached hydrogens (tertiary/aromatic N) is 1. The highest BCUT2D eigenvalue weighted by molar-refractivity contribution is 7.92. The first-order chi connectivity index (χ1) is 15.8. The van der Waals surface area contributed by atoms with E-state index in [2.05, 4.69) is 5.32 Å². The summed E-state index contributed by atoms with van der Waals surface area (Å²) in [6, 6.07) is 21.3. The van der Waals surface area contributed by atoms with Crippen LogP contribution in [0.1, 0.15) is 23.6 Å². The van der Waals surface area contributed by atoms with E-state index in [1.165, 1.54) is 12.1 Å². The fraction of sp³-hybridized carbons (Fsp3) is 0.269. The zero-order chi connectivity index (χ0) is 23.8. The maximum absolute atomic E-state index is 13.3. The second-order valence-corrected chi connectivity index (χ2v) is 9.67. The van der Waals surface area contributed by atoms with Crippen molar-refractivity contribution in [3.63, 3.8) is 0 Å². The van der Waals surface area contributed by atoms with Crippen LogP contribution in [0.15, 0.2) is 77.7 Å². The van der Waals surface area contributed by atoms with Crippen LogP contribution in [0.2, 0.25) is 0 Å². The van der Waals surface area contributed by atoms with Crippen LogP contribution in [0.4, 0.5) is 5.69 Å². The molecule has 0 aliphatic carbocycles. The number of nitrogens with one attached hydrogen (secondary N) is 1. The predicted molar refractivity (Wildman–Crippen MR) is 131 cm³/mol. The van der Waals surface area contributed by atoms with Crippen LogP contribution < -0.4 is 14.4 Å². The van der Waals surface area contributed by atoms with Crippen LogP contribution in [0.5, 0.6) is 5.75 Å². The highest BCUT2D eigenvalue weighted by Gasteiger charge is 2.27. The lowest BCUT2D eigenvalue weighted by Crippen LogP contribution is -2.41. The van der Waals surface area contributed by atoms with E-state index in [0.717, 1.165) is 33.2 Å². The number of sulfonamides is 1. The summed E-state index contributed by atoms with van der Waals surface area (Å²) >= 11 is 0. The van der Waals surface area contributed by atoms with Gasteiger partial charge in [0.2, 0.25) is 5.91 Å². The number of aryl methyl sites for hydroxylation is 3. The van der Waals surface area contributed by atoms with Gasteiger partial charge in [-0.25, -0.2) is 8.42 Å². The number of amides is 1. The molecule has 3 rings (SSSR count). The Balaban J connectivity index is 1.70. The maximum Gasteiger partial charge on any atom is 0.264 e. The molecule has 0 aliphatic heterocycles. The molecule has 0 bridgehead atoms. The third kappa shape index (κ3) is 6.35. The molecule has 3 aromatic carbocycles. The molecular weight excluding hydrogens is 436 g/mol. The lowest BCUT2D eigenvalue weighted by molar-refractivity contribution is -0.119. The number of hydrogen-bond donors (Lipinski definition) is 1. The van der Waals surface area contributed by atoms with E-state index in [-0.39, 0.29) is 24.6 Å². The molecule has 6 nitrogen and oxygen atoms in total. The Hall–Kier alpha value is -3.32. The molecule has 7 heteroatoms. The molecule has 0 heterocycles. The van der Waals surface area contributed by atoms with Crippen LogP contribution >= 0.6 is 0 Å². The maximum atomic E-state index is 13.3. The monoisotopic (exact) mass is 466 g/mol. The molecule has 0 unspecified atom stereocenters. The van der Waals surface area contributed by atoms with Crippen molar-refractivity contribution >= 4 is 21.6 Å². The zero-order valence-corrected chi connectivity index (χ0v) is 20.1. The van der Waals surface area contributed by atoms with Gasteiger partial charge < -0.3 is 10.1 Å². The van der Waals surface area contributed by atoms with Gasteiger partial charge in [0, 0.05) is 0 Å². The van der Waals surface area contributed by atoms with E-state index < -0.39 is 15.9 Å². The van der Waals surface area contributed by atoms with E-state index in [1.807, 2.05) is 51.1 Å². The van der Waals surface area contributed by atoms with Crippen molar-refractivity contribution in [3.8, 4) is 5.75 Å². The first-order valence-corrected chi connectivity index (χ1v) is 12.4. The molecule has 1 amide bonds. The van der Waals surface area contributed by atoms with Gasteiger partial charge in [-0.3, -0.25) is 9.10 Å². The summed E-state index contributed by atoms with van der Waals surface area (Å²) in [5, 5.41) is 2.76. The molecule has 0 saturated heterocycles. The van der Waals surface area contributed by atoms with Crippen molar-refractivity contribution in [2.24, 2.45) is 0 Å². The second kappa shape index (κ2) is 11.0. The fourth-order valence-electron chi connectivity index (χ4n) is 3.33. The number of carbonyl (C=O) groups excluding carboxylic acids is 1. The number of hydrogen-bond acceptors (Lipinski definition) is 4. The van der Waals surface area contributed by atoms with Crippen LogP contribution in [0.25, 0.3) is 0 Å². The van der Waals surface area contributed by atoms with Crippen LogP contribution in [0.3, 0.4) is 0 Å². The van der Waals surface area contributed by atoms with E-state index in [9.17, 15) is 13.2 Å². The highest BCUT2D eigenvalue weighted by atomic mass is 32.2. The summed E-state index contributed by atoms with van der Waals surface area (Å²) in [5.74, 6) is 0.368. The summed E-state index contributed by atoms with van der Waals surface area (Å²) in [4.78, 5) is 12.8. The van der Waals surface area contributed by atoms with E-state index in [1.54, 1.807) is 30.3 Å². The summed E-state index contributed by atoms with van der Waals surface area (Å²) in [5.41, 5.74) is 3.64. The van der Waals surface area contributed by atoms with Crippen molar-refractivity contribution in [3.05, 3.63) is 89.5 Å². The lowest BCUT2D eigenvalue weighted by Gasteiger charge is -2.24. The predicted octanol–water partition coefficient (Wildman–Crippen LogP) is 4.26. The topological polar surface area (TPSA) is 75.7 Å². The second-order valence-electron chi connectivity index (χ2n) is 7.81. The Morgan fingerprint density at radius 3 is 2.33 bits per heavy atom.